The molecule has 0 bridgehead atoms. The van der Waals surface area contributed by atoms with Crippen molar-refractivity contribution in [1.82, 2.24) is 23.9 Å². The Morgan fingerprint density at radius 1 is 0.550 bits per heavy atom. The van der Waals surface area contributed by atoms with Crippen LogP contribution in [0.1, 0.15) is 0 Å². The standard InChI is InChI=1S/C35H23N5/c1-3-13-31(40-32-14-4-2-12-30(32)34-35(40)39-18-6-5-15-33(39)38-34)29(11-1)28-20-26(24-9-7-16-36-22-24)19-27(21-28)25-10-8-17-37-23-25/h1-23H. The van der Waals surface area contributed by atoms with Gasteiger partial charge in [0.05, 0.1) is 11.2 Å². The molecule has 8 aromatic rings. The second-order valence-electron chi connectivity index (χ2n) is 9.87. The zero-order valence-corrected chi connectivity index (χ0v) is 21.5. The Morgan fingerprint density at radius 3 is 1.98 bits per heavy atom. The third-order valence-electron chi connectivity index (χ3n) is 7.50. The summed E-state index contributed by atoms with van der Waals surface area (Å²) < 4.78 is 4.53. The van der Waals surface area contributed by atoms with Crippen LogP contribution in [-0.2, 0) is 0 Å². The lowest BCUT2D eigenvalue weighted by molar-refractivity contribution is 1.10. The van der Waals surface area contributed by atoms with Crippen molar-refractivity contribution < 1.29 is 0 Å². The number of hydrogen-bond donors (Lipinski definition) is 0. The van der Waals surface area contributed by atoms with Gasteiger partial charge in [0.2, 0.25) is 0 Å². The molecule has 0 saturated carbocycles. The summed E-state index contributed by atoms with van der Waals surface area (Å²) in [6.07, 6.45) is 9.54. The van der Waals surface area contributed by atoms with Crippen LogP contribution in [0.25, 0.3) is 66.8 Å². The molecule has 0 aliphatic carbocycles. The minimum absolute atomic E-state index is 0.932. The molecule has 0 fully saturated rings. The first kappa shape index (κ1) is 22.4. The van der Waals surface area contributed by atoms with Gasteiger partial charge in [-0.3, -0.25) is 18.9 Å². The summed E-state index contributed by atoms with van der Waals surface area (Å²) in [4.78, 5) is 13.8. The summed E-state index contributed by atoms with van der Waals surface area (Å²) in [5, 5.41) is 1.14. The van der Waals surface area contributed by atoms with Gasteiger partial charge < -0.3 is 0 Å². The second kappa shape index (κ2) is 9.03. The van der Waals surface area contributed by atoms with E-state index in [1.54, 1.807) is 0 Å². The van der Waals surface area contributed by atoms with Crippen LogP contribution in [-0.4, -0.2) is 23.9 Å². The average molecular weight is 514 g/mol. The number of hydrogen-bond acceptors (Lipinski definition) is 3. The molecule has 0 saturated heterocycles. The van der Waals surface area contributed by atoms with Gasteiger partial charge >= 0.3 is 0 Å². The van der Waals surface area contributed by atoms with E-state index in [2.05, 4.69) is 116 Å². The number of nitrogens with zero attached hydrogens (tertiary/aromatic N) is 5. The minimum Gasteiger partial charge on any atom is -0.293 e. The largest absolute Gasteiger partial charge is 0.293 e. The highest BCUT2D eigenvalue weighted by Gasteiger charge is 2.20. The maximum atomic E-state index is 5.03. The fourth-order valence-corrected chi connectivity index (χ4v) is 5.70. The summed E-state index contributed by atoms with van der Waals surface area (Å²) in [5.74, 6) is 0. The molecule has 3 aromatic carbocycles. The smallest absolute Gasteiger partial charge is 0.150 e. The van der Waals surface area contributed by atoms with Crippen LogP contribution in [0.5, 0.6) is 0 Å². The van der Waals surface area contributed by atoms with Gasteiger partial charge in [-0.05, 0) is 71.3 Å². The Hall–Kier alpha value is -5.55. The highest BCUT2D eigenvalue weighted by atomic mass is 15.1. The maximum Gasteiger partial charge on any atom is 0.150 e. The molecule has 188 valence electrons. The van der Waals surface area contributed by atoms with Crippen molar-refractivity contribution in [2.75, 3.05) is 0 Å². The number of aromatic nitrogens is 5. The SMILES string of the molecule is c1cncc(-c2cc(-c3cccnc3)cc(-c3ccccc3-n3c4ccccc4c4nc5ccccn5c43)c2)c1. The van der Waals surface area contributed by atoms with Crippen LogP contribution in [0, 0.1) is 0 Å². The van der Waals surface area contributed by atoms with Crippen LogP contribution in [0.4, 0.5) is 0 Å². The fraction of sp³-hybridized carbons (Fsp3) is 0. The molecule has 0 aliphatic heterocycles. The van der Waals surface area contributed by atoms with Gasteiger partial charge in [-0.25, -0.2) is 4.98 Å². The third-order valence-corrected chi connectivity index (χ3v) is 7.50. The van der Waals surface area contributed by atoms with E-state index in [1.165, 1.54) is 0 Å². The van der Waals surface area contributed by atoms with Crippen LogP contribution in [0.3, 0.4) is 0 Å². The van der Waals surface area contributed by atoms with E-state index in [1.807, 2.05) is 43.0 Å². The Morgan fingerprint density at radius 2 is 1.23 bits per heavy atom. The van der Waals surface area contributed by atoms with Gasteiger partial charge in [-0.15, -0.1) is 0 Å². The molecule has 0 unspecified atom stereocenters. The van der Waals surface area contributed by atoms with Crippen molar-refractivity contribution in [2.45, 2.75) is 0 Å². The highest BCUT2D eigenvalue weighted by molar-refractivity contribution is 6.08. The summed E-state index contributed by atoms with van der Waals surface area (Å²) >= 11 is 0. The lowest BCUT2D eigenvalue weighted by atomic mass is 9.93. The topological polar surface area (TPSA) is 48.0 Å². The molecule has 5 nitrogen and oxygen atoms in total. The maximum absolute atomic E-state index is 5.03. The predicted octanol–water partition coefficient (Wildman–Crippen LogP) is 8.22. The van der Waals surface area contributed by atoms with Gasteiger partial charge in [-0.1, -0.05) is 54.6 Å². The first-order valence-electron chi connectivity index (χ1n) is 13.3. The van der Waals surface area contributed by atoms with Crippen LogP contribution in [0.15, 0.2) is 140 Å². The Balaban J connectivity index is 1.44. The third kappa shape index (κ3) is 3.52. The Bertz CT molecular complexity index is 2090. The minimum atomic E-state index is 0.932. The lowest BCUT2D eigenvalue weighted by Gasteiger charge is -2.16. The molecule has 0 atom stereocenters. The molecule has 0 aliphatic rings. The molecule has 5 aromatic heterocycles. The van der Waals surface area contributed by atoms with Crippen molar-refractivity contribution in [3.63, 3.8) is 0 Å². The van der Waals surface area contributed by atoms with Crippen molar-refractivity contribution in [1.29, 1.82) is 0 Å². The Labute approximate surface area is 230 Å². The van der Waals surface area contributed by atoms with E-state index < -0.39 is 0 Å². The normalized spacial score (nSPS) is 11.5. The number of pyridine rings is 3. The lowest BCUT2D eigenvalue weighted by Crippen LogP contribution is -2.00. The van der Waals surface area contributed by atoms with Crippen LogP contribution < -0.4 is 0 Å². The van der Waals surface area contributed by atoms with E-state index in [0.29, 0.717) is 0 Å². The zero-order valence-electron chi connectivity index (χ0n) is 21.5. The quantitative estimate of drug-likeness (QED) is 0.238. The zero-order chi connectivity index (χ0) is 26.5. The van der Waals surface area contributed by atoms with Crippen molar-refractivity contribution >= 4 is 27.7 Å². The highest BCUT2D eigenvalue weighted by Crippen LogP contribution is 2.39. The average Bonchev–Trinajstić information content (AvgIpc) is 3.56. The number of para-hydroxylation sites is 2. The van der Waals surface area contributed by atoms with Crippen molar-refractivity contribution in [3.05, 3.63) is 140 Å². The van der Waals surface area contributed by atoms with E-state index in [9.17, 15) is 0 Å². The van der Waals surface area contributed by atoms with Gasteiger partial charge in [-0.2, -0.15) is 0 Å². The van der Waals surface area contributed by atoms with Gasteiger partial charge in [0.1, 0.15) is 11.2 Å². The monoisotopic (exact) mass is 513 g/mol. The second-order valence-corrected chi connectivity index (χ2v) is 9.87. The molecule has 0 spiro atoms. The molecule has 8 rings (SSSR count). The summed E-state index contributed by atoms with van der Waals surface area (Å²) in [6.45, 7) is 0. The van der Waals surface area contributed by atoms with Crippen LogP contribution in [0.2, 0.25) is 0 Å². The van der Waals surface area contributed by atoms with Crippen molar-refractivity contribution in [3.8, 4) is 39.1 Å². The fourth-order valence-electron chi connectivity index (χ4n) is 5.70. The van der Waals surface area contributed by atoms with E-state index in [4.69, 9.17) is 4.98 Å². The molecule has 0 N–H and O–H groups in total. The number of rotatable bonds is 4. The molecule has 40 heavy (non-hydrogen) atoms. The summed E-state index contributed by atoms with van der Waals surface area (Å²) in [6, 6.07) is 38.2. The summed E-state index contributed by atoms with van der Waals surface area (Å²) in [5.41, 5.74) is 11.8. The predicted molar refractivity (Wildman–Crippen MR) is 161 cm³/mol. The first-order chi connectivity index (χ1) is 19.8. The number of imidazole rings is 1. The molecule has 5 heterocycles. The number of fused-ring (bicyclic) bond motifs is 5. The Kier molecular flexibility index (Phi) is 5.07. The van der Waals surface area contributed by atoms with Gasteiger partial charge in [0, 0.05) is 53.1 Å². The van der Waals surface area contributed by atoms with E-state index >= 15 is 0 Å². The van der Waals surface area contributed by atoms with Gasteiger partial charge in [0.25, 0.3) is 0 Å². The summed E-state index contributed by atoms with van der Waals surface area (Å²) in [7, 11) is 0. The molecular weight excluding hydrogens is 490 g/mol. The molecule has 5 heteroatoms. The first-order valence-corrected chi connectivity index (χ1v) is 13.3. The van der Waals surface area contributed by atoms with Gasteiger partial charge in [0.15, 0.2) is 5.65 Å². The van der Waals surface area contributed by atoms with E-state index in [0.717, 1.165) is 66.8 Å². The van der Waals surface area contributed by atoms with Crippen LogP contribution >= 0.6 is 0 Å². The van der Waals surface area contributed by atoms with E-state index in [-0.39, 0.29) is 0 Å². The molecule has 0 amide bonds. The molecular formula is C35H23N5. The number of benzene rings is 3. The molecule has 0 radical (unpaired) electrons. The van der Waals surface area contributed by atoms with Crippen molar-refractivity contribution in [2.24, 2.45) is 0 Å².